The zero-order valence-corrected chi connectivity index (χ0v) is 18.4. The van der Waals surface area contributed by atoms with Crippen molar-refractivity contribution in [3.05, 3.63) is 27.0 Å². The summed E-state index contributed by atoms with van der Waals surface area (Å²) in [4.78, 5) is 15.2. The molecule has 1 aliphatic rings. The lowest BCUT2D eigenvalue weighted by Crippen LogP contribution is -2.29. The van der Waals surface area contributed by atoms with Gasteiger partial charge in [-0.1, -0.05) is 19.9 Å². The molecular formula is C22H34O3S. The number of thiophene rings is 1. The summed E-state index contributed by atoms with van der Waals surface area (Å²) in [5.41, 5.74) is 3.15. The van der Waals surface area contributed by atoms with E-state index in [4.69, 9.17) is 9.47 Å². The van der Waals surface area contributed by atoms with Gasteiger partial charge in [-0.05, 0) is 77.4 Å². The van der Waals surface area contributed by atoms with E-state index in [0.29, 0.717) is 18.4 Å². The van der Waals surface area contributed by atoms with Crippen molar-refractivity contribution in [2.45, 2.75) is 79.9 Å². The lowest BCUT2D eigenvalue weighted by Gasteiger charge is -2.29. The molecule has 0 bridgehead atoms. The van der Waals surface area contributed by atoms with Crippen molar-refractivity contribution in [3.8, 4) is 0 Å². The Hall–Kier alpha value is -1.13. The second kappa shape index (κ2) is 8.26. The first-order valence-electron chi connectivity index (χ1n) is 9.68. The normalized spacial score (nSPS) is 22.1. The molecule has 4 heteroatoms. The van der Waals surface area contributed by atoms with E-state index in [0.717, 1.165) is 16.9 Å². The van der Waals surface area contributed by atoms with Gasteiger partial charge in [-0.15, -0.1) is 11.3 Å². The van der Waals surface area contributed by atoms with E-state index in [2.05, 4.69) is 33.8 Å². The highest BCUT2D eigenvalue weighted by Crippen LogP contribution is 2.44. The second-order valence-corrected chi connectivity index (χ2v) is 10.0. The van der Waals surface area contributed by atoms with E-state index in [-0.39, 0.29) is 5.97 Å². The Morgan fingerprint density at radius 2 is 1.92 bits per heavy atom. The molecule has 1 aromatic rings. The molecule has 0 fully saturated rings. The van der Waals surface area contributed by atoms with Gasteiger partial charge in [0, 0.05) is 15.3 Å². The number of esters is 1. The van der Waals surface area contributed by atoms with Gasteiger partial charge < -0.3 is 9.47 Å². The van der Waals surface area contributed by atoms with Crippen molar-refractivity contribution in [2.75, 3.05) is 6.61 Å². The summed E-state index contributed by atoms with van der Waals surface area (Å²) >= 11 is 1.75. The maximum absolute atomic E-state index is 12.8. The summed E-state index contributed by atoms with van der Waals surface area (Å²) in [7, 11) is 0. The molecule has 1 aromatic heterocycles. The van der Waals surface area contributed by atoms with E-state index in [9.17, 15) is 4.79 Å². The number of aryl methyl sites for hydroxylation is 2. The number of hydrogen-bond donors (Lipinski definition) is 0. The van der Waals surface area contributed by atoms with Gasteiger partial charge >= 0.3 is 5.97 Å². The summed E-state index contributed by atoms with van der Waals surface area (Å²) in [5, 5.41) is 0. The SMILES string of the molecule is CCOC(=O)C(OC(C)(C)C)c1c(C)sc(C)c1C1=CC(C)CC(C)C1. The summed E-state index contributed by atoms with van der Waals surface area (Å²) in [6.45, 7) is 17.0. The Morgan fingerprint density at radius 1 is 1.27 bits per heavy atom. The zero-order chi connectivity index (χ0) is 19.6. The number of hydrogen-bond acceptors (Lipinski definition) is 4. The molecule has 1 aliphatic carbocycles. The zero-order valence-electron chi connectivity index (χ0n) is 17.6. The van der Waals surface area contributed by atoms with Gasteiger partial charge in [0.15, 0.2) is 6.10 Å². The van der Waals surface area contributed by atoms with Crippen LogP contribution in [0.4, 0.5) is 0 Å². The first-order valence-corrected chi connectivity index (χ1v) is 10.5. The molecular weight excluding hydrogens is 344 g/mol. The highest BCUT2D eigenvalue weighted by molar-refractivity contribution is 7.12. The Kier molecular flexibility index (Phi) is 6.73. The molecule has 0 saturated carbocycles. The molecule has 3 nitrogen and oxygen atoms in total. The molecule has 1 heterocycles. The maximum Gasteiger partial charge on any atom is 0.340 e. The van der Waals surface area contributed by atoms with Crippen LogP contribution in [0, 0.1) is 25.7 Å². The summed E-state index contributed by atoms with van der Waals surface area (Å²) in [6.07, 6.45) is 3.99. The number of carbonyl (C=O) groups excluding carboxylic acids is 1. The summed E-state index contributed by atoms with van der Waals surface area (Å²) in [6, 6.07) is 0. The minimum atomic E-state index is -0.677. The van der Waals surface area contributed by atoms with Crippen molar-refractivity contribution < 1.29 is 14.3 Å². The van der Waals surface area contributed by atoms with Crippen LogP contribution in [-0.2, 0) is 14.3 Å². The number of rotatable bonds is 5. The predicted octanol–water partition coefficient (Wildman–Crippen LogP) is 6.23. The van der Waals surface area contributed by atoms with Crippen LogP contribution in [-0.4, -0.2) is 18.2 Å². The van der Waals surface area contributed by atoms with Crippen molar-refractivity contribution in [1.82, 2.24) is 0 Å². The highest BCUT2D eigenvalue weighted by Gasteiger charge is 2.35. The standard InChI is InChI=1S/C22H34O3S/c1-9-24-21(23)20(25-22(6,7)8)19-16(5)26-15(4)18(19)17-11-13(2)10-14(3)12-17/h11,13-14,20H,9-10,12H2,1-8H3. The van der Waals surface area contributed by atoms with Crippen LogP contribution >= 0.6 is 11.3 Å². The third kappa shape index (κ3) is 4.98. The van der Waals surface area contributed by atoms with Crippen LogP contribution in [0.2, 0.25) is 0 Å². The molecule has 3 unspecified atom stereocenters. The third-order valence-electron chi connectivity index (χ3n) is 4.69. The molecule has 26 heavy (non-hydrogen) atoms. The van der Waals surface area contributed by atoms with Crippen molar-refractivity contribution >= 4 is 22.9 Å². The maximum atomic E-state index is 12.8. The minimum absolute atomic E-state index is 0.290. The van der Waals surface area contributed by atoms with Crippen LogP contribution in [0.25, 0.3) is 5.57 Å². The van der Waals surface area contributed by atoms with Gasteiger partial charge in [-0.25, -0.2) is 4.79 Å². The first kappa shape index (κ1) is 21.2. The van der Waals surface area contributed by atoms with Crippen LogP contribution in [0.3, 0.4) is 0 Å². The van der Waals surface area contributed by atoms with Crippen molar-refractivity contribution in [1.29, 1.82) is 0 Å². The first-order chi connectivity index (χ1) is 12.0. The van der Waals surface area contributed by atoms with E-state index >= 15 is 0 Å². The Labute approximate surface area is 162 Å². The van der Waals surface area contributed by atoms with Crippen LogP contribution in [0.15, 0.2) is 6.08 Å². The topological polar surface area (TPSA) is 35.5 Å². The largest absolute Gasteiger partial charge is 0.464 e. The van der Waals surface area contributed by atoms with Crippen molar-refractivity contribution in [3.63, 3.8) is 0 Å². The minimum Gasteiger partial charge on any atom is -0.464 e. The van der Waals surface area contributed by atoms with E-state index in [1.54, 1.807) is 11.3 Å². The monoisotopic (exact) mass is 378 g/mol. The molecule has 0 N–H and O–H groups in total. The Morgan fingerprint density at radius 3 is 2.46 bits per heavy atom. The second-order valence-electron chi connectivity index (χ2n) is 8.58. The molecule has 146 valence electrons. The fourth-order valence-corrected chi connectivity index (χ4v) is 5.09. The fraction of sp³-hybridized carbons (Fsp3) is 0.682. The number of allylic oxidation sites excluding steroid dienone is 2. The smallest absolute Gasteiger partial charge is 0.340 e. The average Bonchev–Trinajstić information content (AvgIpc) is 2.77. The third-order valence-corrected chi connectivity index (χ3v) is 5.73. The van der Waals surface area contributed by atoms with Crippen LogP contribution in [0.5, 0.6) is 0 Å². The average molecular weight is 379 g/mol. The summed E-state index contributed by atoms with van der Waals surface area (Å²) < 4.78 is 11.6. The van der Waals surface area contributed by atoms with Crippen LogP contribution in [0.1, 0.15) is 81.4 Å². The molecule has 0 spiro atoms. The van der Waals surface area contributed by atoms with Gasteiger partial charge in [0.1, 0.15) is 0 Å². The van der Waals surface area contributed by atoms with Crippen molar-refractivity contribution in [2.24, 2.45) is 11.8 Å². The van der Waals surface area contributed by atoms with E-state index in [1.807, 2.05) is 27.7 Å². The van der Waals surface area contributed by atoms with Gasteiger partial charge in [0.05, 0.1) is 12.2 Å². The van der Waals surface area contributed by atoms with E-state index < -0.39 is 11.7 Å². The molecule has 0 amide bonds. The Balaban J connectivity index is 2.57. The van der Waals surface area contributed by atoms with Gasteiger partial charge in [0.2, 0.25) is 0 Å². The lowest BCUT2D eigenvalue weighted by molar-refractivity contribution is -0.166. The van der Waals surface area contributed by atoms with Gasteiger partial charge in [-0.2, -0.15) is 0 Å². The predicted molar refractivity (Wildman–Crippen MR) is 110 cm³/mol. The number of carbonyl (C=O) groups is 1. The quantitative estimate of drug-likeness (QED) is 0.569. The molecule has 0 aromatic carbocycles. The Bertz CT molecular complexity index is 678. The van der Waals surface area contributed by atoms with Gasteiger partial charge in [0.25, 0.3) is 0 Å². The molecule has 3 atom stereocenters. The lowest BCUT2D eigenvalue weighted by atomic mass is 9.80. The van der Waals surface area contributed by atoms with Crippen LogP contribution < -0.4 is 0 Å². The number of ether oxygens (including phenoxy) is 2. The van der Waals surface area contributed by atoms with E-state index in [1.165, 1.54) is 22.4 Å². The molecule has 0 radical (unpaired) electrons. The summed E-state index contributed by atoms with van der Waals surface area (Å²) in [5.74, 6) is 0.926. The fourth-order valence-electron chi connectivity index (χ4n) is 3.97. The highest BCUT2D eigenvalue weighted by atomic mass is 32.1. The molecule has 0 saturated heterocycles. The van der Waals surface area contributed by atoms with Gasteiger partial charge in [-0.3, -0.25) is 0 Å². The molecule has 2 rings (SSSR count). The molecule has 0 aliphatic heterocycles.